The quantitative estimate of drug-likeness (QED) is 0.738. The molecule has 25 heavy (non-hydrogen) atoms. The smallest absolute Gasteiger partial charge is 0.407 e. The summed E-state index contributed by atoms with van der Waals surface area (Å²) in [5, 5.41) is 13.9. The first-order valence-electron chi connectivity index (χ1n) is 9.61. The zero-order chi connectivity index (χ0) is 18.5. The van der Waals surface area contributed by atoms with Gasteiger partial charge in [0, 0.05) is 17.3 Å². The lowest BCUT2D eigenvalue weighted by Crippen LogP contribution is -2.50. The molecule has 3 fully saturated rings. The molecule has 5 atom stereocenters. The molecule has 2 N–H and O–H groups in total. The fourth-order valence-electron chi connectivity index (χ4n) is 5.73. The third-order valence-electron chi connectivity index (χ3n) is 8.12. The van der Waals surface area contributed by atoms with Crippen molar-refractivity contribution in [2.75, 3.05) is 6.54 Å². The topological polar surface area (TPSA) is 58.6 Å². The van der Waals surface area contributed by atoms with Crippen LogP contribution in [0.5, 0.6) is 0 Å². The predicted octanol–water partition coefficient (Wildman–Crippen LogP) is 4.06. The van der Waals surface area contributed by atoms with E-state index in [1.54, 1.807) is 12.2 Å². The van der Waals surface area contributed by atoms with E-state index in [-0.39, 0.29) is 35.3 Å². The van der Waals surface area contributed by atoms with E-state index in [1.165, 1.54) is 6.42 Å². The minimum absolute atomic E-state index is 0.0326. The second kappa shape index (κ2) is 6.15. The number of carbonyl (C=O) groups is 1. The third-order valence-corrected chi connectivity index (χ3v) is 8.12. The average molecular weight is 347 g/mol. The molecular formula is C21H33NO3. The SMILES string of the molecule is C=C[C@@H]1CC[C@@H](C=C)C1(O)CNC(=O)OC1CC2CCC1(C)C2(C)C. The first-order chi connectivity index (χ1) is 11.7. The van der Waals surface area contributed by atoms with Crippen LogP contribution >= 0.6 is 0 Å². The highest BCUT2D eigenvalue weighted by Crippen LogP contribution is 2.66. The minimum Gasteiger partial charge on any atom is -0.446 e. The highest BCUT2D eigenvalue weighted by Gasteiger charge is 2.63. The first-order valence-corrected chi connectivity index (χ1v) is 9.61. The molecule has 3 rings (SSSR count). The highest BCUT2D eigenvalue weighted by atomic mass is 16.6. The molecule has 4 nitrogen and oxygen atoms in total. The van der Waals surface area contributed by atoms with E-state index < -0.39 is 11.7 Å². The van der Waals surface area contributed by atoms with Crippen molar-refractivity contribution in [2.45, 2.75) is 64.6 Å². The number of hydrogen-bond donors (Lipinski definition) is 2. The summed E-state index contributed by atoms with van der Waals surface area (Å²) >= 11 is 0. The van der Waals surface area contributed by atoms with E-state index in [0.717, 1.165) is 25.7 Å². The van der Waals surface area contributed by atoms with Crippen molar-refractivity contribution in [3.05, 3.63) is 25.3 Å². The summed E-state index contributed by atoms with van der Waals surface area (Å²) in [5.74, 6) is 0.564. The number of nitrogens with one attached hydrogen (secondary N) is 1. The zero-order valence-electron chi connectivity index (χ0n) is 15.9. The molecule has 3 unspecified atom stereocenters. The van der Waals surface area contributed by atoms with Crippen molar-refractivity contribution in [1.29, 1.82) is 0 Å². The molecule has 0 aromatic heterocycles. The zero-order valence-corrected chi connectivity index (χ0v) is 15.9. The molecule has 0 aliphatic heterocycles. The van der Waals surface area contributed by atoms with Crippen molar-refractivity contribution in [3.63, 3.8) is 0 Å². The lowest BCUT2D eigenvalue weighted by atomic mass is 9.70. The van der Waals surface area contributed by atoms with Crippen LogP contribution in [0, 0.1) is 28.6 Å². The van der Waals surface area contributed by atoms with Gasteiger partial charge < -0.3 is 15.2 Å². The van der Waals surface area contributed by atoms with E-state index in [4.69, 9.17) is 4.74 Å². The van der Waals surface area contributed by atoms with Crippen molar-refractivity contribution >= 4 is 6.09 Å². The number of aliphatic hydroxyl groups is 1. The second-order valence-electron chi connectivity index (χ2n) is 9.11. The number of fused-ring (bicyclic) bond motifs is 2. The van der Waals surface area contributed by atoms with Gasteiger partial charge in [-0.25, -0.2) is 4.79 Å². The van der Waals surface area contributed by atoms with Gasteiger partial charge in [-0.05, 0) is 43.4 Å². The van der Waals surface area contributed by atoms with Crippen LogP contribution in [0.3, 0.4) is 0 Å². The number of hydrogen-bond acceptors (Lipinski definition) is 3. The van der Waals surface area contributed by atoms with Gasteiger partial charge in [-0.1, -0.05) is 32.9 Å². The van der Waals surface area contributed by atoms with E-state index in [0.29, 0.717) is 5.92 Å². The Morgan fingerprint density at radius 3 is 2.24 bits per heavy atom. The molecule has 4 heteroatoms. The number of rotatable bonds is 5. The average Bonchev–Trinajstić information content (AvgIpc) is 3.07. The van der Waals surface area contributed by atoms with Gasteiger partial charge in [-0.3, -0.25) is 0 Å². The Morgan fingerprint density at radius 2 is 1.80 bits per heavy atom. The summed E-state index contributed by atoms with van der Waals surface area (Å²) in [6, 6.07) is 0. The van der Waals surface area contributed by atoms with E-state index >= 15 is 0 Å². The predicted molar refractivity (Wildman–Crippen MR) is 99.1 cm³/mol. The maximum Gasteiger partial charge on any atom is 0.407 e. The Hall–Kier alpha value is -1.29. The van der Waals surface area contributed by atoms with E-state index in [2.05, 4.69) is 39.2 Å². The minimum atomic E-state index is -1.01. The summed E-state index contributed by atoms with van der Waals surface area (Å²) in [5.41, 5.74) is -0.754. The molecule has 2 bridgehead atoms. The van der Waals surface area contributed by atoms with E-state index in [9.17, 15) is 9.90 Å². The molecule has 3 aliphatic rings. The summed E-state index contributed by atoms with van der Waals surface area (Å²) in [6.45, 7) is 14.7. The molecule has 0 spiro atoms. The third kappa shape index (κ3) is 2.64. The Bertz CT molecular complexity index is 553. The van der Waals surface area contributed by atoms with Crippen LogP contribution in [0.25, 0.3) is 0 Å². The molecule has 0 heterocycles. The van der Waals surface area contributed by atoms with E-state index in [1.807, 2.05) is 0 Å². The molecule has 0 radical (unpaired) electrons. The number of carbonyl (C=O) groups excluding carboxylic acids is 1. The molecule has 0 aromatic carbocycles. The van der Waals surface area contributed by atoms with Gasteiger partial charge in [-0.15, -0.1) is 13.2 Å². The van der Waals surface area contributed by atoms with Gasteiger partial charge in [0.1, 0.15) is 6.10 Å². The molecule has 3 saturated carbocycles. The van der Waals surface area contributed by atoms with Gasteiger partial charge in [0.05, 0.1) is 12.1 Å². The Kier molecular flexibility index (Phi) is 4.55. The molecule has 0 saturated heterocycles. The van der Waals surface area contributed by atoms with Crippen molar-refractivity contribution in [2.24, 2.45) is 28.6 Å². The largest absolute Gasteiger partial charge is 0.446 e. The standard InChI is InChI=1S/C21H33NO3/c1-6-14-8-9-15(7-2)21(14,24)13-22-18(23)25-17-12-16-10-11-20(17,5)19(16,3)4/h6-7,14-17,24H,1-2,8-13H2,3-5H3,(H,22,23)/t14-,15-,16?,17?,20?/m1/s1. The van der Waals surface area contributed by atoms with Crippen molar-refractivity contribution < 1.29 is 14.6 Å². The lowest BCUT2D eigenvalue weighted by molar-refractivity contribution is -0.0212. The monoisotopic (exact) mass is 347 g/mol. The fraction of sp³-hybridized carbons (Fsp3) is 0.762. The molecule has 0 aromatic rings. The number of alkyl carbamates (subject to hydrolysis) is 1. The van der Waals surface area contributed by atoms with Crippen LogP contribution in [0.1, 0.15) is 52.9 Å². The summed E-state index contributed by atoms with van der Waals surface area (Å²) in [7, 11) is 0. The molecule has 1 amide bonds. The lowest BCUT2D eigenvalue weighted by Gasteiger charge is -2.38. The van der Waals surface area contributed by atoms with Gasteiger partial charge in [0.15, 0.2) is 0 Å². The first kappa shape index (κ1) is 18.5. The van der Waals surface area contributed by atoms with Gasteiger partial charge in [0.2, 0.25) is 0 Å². The Labute approximate surface area is 151 Å². The van der Waals surface area contributed by atoms with Crippen LogP contribution in [-0.2, 0) is 4.74 Å². The van der Waals surface area contributed by atoms with Crippen LogP contribution in [0.4, 0.5) is 4.79 Å². The van der Waals surface area contributed by atoms with Gasteiger partial charge in [-0.2, -0.15) is 0 Å². The van der Waals surface area contributed by atoms with Crippen molar-refractivity contribution in [3.8, 4) is 0 Å². The summed E-state index contributed by atoms with van der Waals surface area (Å²) in [6.07, 6.45) is 8.15. The summed E-state index contributed by atoms with van der Waals surface area (Å²) < 4.78 is 5.81. The van der Waals surface area contributed by atoms with Crippen LogP contribution in [0.2, 0.25) is 0 Å². The Morgan fingerprint density at radius 1 is 1.20 bits per heavy atom. The molecular weight excluding hydrogens is 314 g/mol. The fourth-order valence-corrected chi connectivity index (χ4v) is 5.73. The van der Waals surface area contributed by atoms with Crippen LogP contribution in [0.15, 0.2) is 25.3 Å². The maximum absolute atomic E-state index is 12.4. The summed E-state index contributed by atoms with van der Waals surface area (Å²) in [4.78, 5) is 12.4. The highest BCUT2D eigenvalue weighted by molar-refractivity contribution is 5.67. The molecule has 140 valence electrons. The maximum atomic E-state index is 12.4. The second-order valence-corrected chi connectivity index (χ2v) is 9.11. The number of amides is 1. The van der Waals surface area contributed by atoms with Gasteiger partial charge in [0.25, 0.3) is 0 Å². The Balaban J connectivity index is 1.60. The van der Waals surface area contributed by atoms with Gasteiger partial charge >= 0.3 is 6.09 Å². The van der Waals surface area contributed by atoms with Crippen LogP contribution < -0.4 is 5.32 Å². The van der Waals surface area contributed by atoms with Crippen molar-refractivity contribution in [1.82, 2.24) is 5.32 Å². The molecule has 3 aliphatic carbocycles. The van der Waals surface area contributed by atoms with Crippen LogP contribution in [-0.4, -0.2) is 29.4 Å². The number of ether oxygens (including phenoxy) is 1. The normalized spacial score (nSPS) is 40.6.